The molecule has 1 amide bonds. The first-order valence-electron chi connectivity index (χ1n) is 9.16. The van der Waals surface area contributed by atoms with Crippen LogP contribution in [0, 0.1) is 5.92 Å². The van der Waals surface area contributed by atoms with Crippen LogP contribution in [0.2, 0.25) is 0 Å². The number of amides is 1. The summed E-state index contributed by atoms with van der Waals surface area (Å²) in [5.41, 5.74) is -0.226. The zero-order valence-electron chi connectivity index (χ0n) is 15.0. The largest absolute Gasteiger partial charge is 0.481 e. The van der Waals surface area contributed by atoms with Gasteiger partial charge in [0.2, 0.25) is 11.8 Å². The smallest absolute Gasteiger partial charge is 0.248 e. The first kappa shape index (κ1) is 16.6. The average Bonchev–Trinajstić information content (AvgIpc) is 3.47. The fourth-order valence-corrected chi connectivity index (χ4v) is 4.04. The zero-order chi connectivity index (χ0) is 17.4. The number of rotatable bonds is 4. The number of piperidine rings is 1. The molecule has 7 nitrogen and oxygen atoms in total. The molecule has 1 spiro atoms. The lowest BCUT2D eigenvalue weighted by Gasteiger charge is -2.51. The van der Waals surface area contributed by atoms with E-state index < -0.39 is 0 Å². The Bertz CT molecular complexity index is 641. The van der Waals surface area contributed by atoms with Gasteiger partial charge in [0, 0.05) is 25.7 Å². The number of nitrogens with zero attached hydrogens (tertiary/aromatic N) is 4. The van der Waals surface area contributed by atoms with Crippen molar-refractivity contribution in [3.8, 4) is 5.88 Å². The lowest BCUT2D eigenvalue weighted by molar-refractivity contribution is -0.181. The molecular formula is C18H26N4O3. The number of aromatic nitrogens is 2. The predicted molar refractivity (Wildman–Crippen MR) is 92.6 cm³/mol. The molecule has 2 saturated heterocycles. The summed E-state index contributed by atoms with van der Waals surface area (Å²) in [5, 5.41) is 0. The topological polar surface area (TPSA) is 67.8 Å². The minimum absolute atomic E-state index is 0.136. The van der Waals surface area contributed by atoms with Gasteiger partial charge in [0.05, 0.1) is 18.8 Å². The van der Waals surface area contributed by atoms with Crippen LogP contribution in [0.15, 0.2) is 12.4 Å². The van der Waals surface area contributed by atoms with Crippen molar-refractivity contribution < 1.29 is 14.3 Å². The van der Waals surface area contributed by atoms with Crippen LogP contribution in [-0.2, 0) is 9.53 Å². The number of ether oxygens (including phenoxy) is 2. The van der Waals surface area contributed by atoms with Gasteiger partial charge in [-0.25, -0.2) is 9.97 Å². The van der Waals surface area contributed by atoms with Crippen molar-refractivity contribution in [2.45, 2.75) is 44.2 Å². The fraction of sp³-hybridized carbons (Fsp3) is 0.722. The van der Waals surface area contributed by atoms with Crippen LogP contribution in [0.25, 0.3) is 0 Å². The Kier molecular flexibility index (Phi) is 4.27. The average molecular weight is 346 g/mol. The fourth-order valence-electron chi connectivity index (χ4n) is 4.04. The summed E-state index contributed by atoms with van der Waals surface area (Å²) in [4.78, 5) is 25.1. The highest BCUT2D eigenvalue weighted by Gasteiger charge is 2.48. The number of carbonyl (C=O) groups excluding carboxylic acids is 1. The van der Waals surface area contributed by atoms with Crippen molar-refractivity contribution in [2.24, 2.45) is 5.92 Å². The summed E-state index contributed by atoms with van der Waals surface area (Å²) in [5.74, 6) is 2.31. The third-order valence-electron chi connectivity index (χ3n) is 5.95. The summed E-state index contributed by atoms with van der Waals surface area (Å²) in [6, 6.07) is 2.00. The molecule has 3 heterocycles. The summed E-state index contributed by atoms with van der Waals surface area (Å²) >= 11 is 0. The molecule has 2 aliphatic heterocycles. The standard InChI is InChI=1S/C18H26N4O3/c1-13-18(25-11-17(23)22(13)10-14-3-4-14)5-7-21(8-6-18)15-9-16(24-2)20-12-19-15/h9,12-14H,3-8,10-11H2,1-2H3. The van der Waals surface area contributed by atoms with Gasteiger partial charge in [0.15, 0.2) is 0 Å². The van der Waals surface area contributed by atoms with Gasteiger partial charge in [-0.15, -0.1) is 0 Å². The third kappa shape index (κ3) is 3.17. The molecule has 7 heteroatoms. The Balaban J connectivity index is 1.45. The van der Waals surface area contributed by atoms with E-state index in [0.29, 0.717) is 11.8 Å². The van der Waals surface area contributed by atoms with Crippen LogP contribution in [0.4, 0.5) is 5.82 Å². The second-order valence-electron chi connectivity index (χ2n) is 7.42. The normalized spacial score (nSPS) is 26.2. The van der Waals surface area contributed by atoms with Crippen molar-refractivity contribution in [3.05, 3.63) is 12.4 Å². The Hall–Kier alpha value is -1.89. The maximum Gasteiger partial charge on any atom is 0.248 e. The van der Waals surface area contributed by atoms with Gasteiger partial charge in [0.1, 0.15) is 18.8 Å². The molecule has 0 aromatic carbocycles. The van der Waals surface area contributed by atoms with Gasteiger partial charge in [-0.1, -0.05) is 0 Å². The molecule has 1 unspecified atom stereocenters. The summed E-state index contributed by atoms with van der Waals surface area (Å²) in [6.45, 7) is 4.99. The molecule has 4 rings (SSSR count). The van der Waals surface area contributed by atoms with E-state index in [9.17, 15) is 4.79 Å². The second kappa shape index (κ2) is 6.44. The molecule has 1 aromatic rings. The Morgan fingerprint density at radius 2 is 2.08 bits per heavy atom. The number of anilines is 1. The lowest BCUT2D eigenvalue weighted by atomic mass is 9.82. The first-order valence-corrected chi connectivity index (χ1v) is 9.16. The van der Waals surface area contributed by atoms with E-state index in [1.54, 1.807) is 7.11 Å². The molecule has 0 bridgehead atoms. The van der Waals surface area contributed by atoms with E-state index in [1.165, 1.54) is 19.2 Å². The molecule has 25 heavy (non-hydrogen) atoms. The van der Waals surface area contributed by atoms with Crippen LogP contribution in [0.1, 0.15) is 32.6 Å². The van der Waals surface area contributed by atoms with Crippen molar-refractivity contribution >= 4 is 11.7 Å². The summed E-state index contributed by atoms with van der Waals surface area (Å²) < 4.78 is 11.3. The SMILES string of the molecule is COc1cc(N2CCC3(CC2)OCC(=O)N(CC2CC2)C3C)ncn1. The Morgan fingerprint density at radius 1 is 1.32 bits per heavy atom. The second-order valence-corrected chi connectivity index (χ2v) is 7.42. The van der Waals surface area contributed by atoms with Gasteiger partial charge in [-0.2, -0.15) is 0 Å². The van der Waals surface area contributed by atoms with Gasteiger partial charge >= 0.3 is 0 Å². The predicted octanol–water partition coefficient (Wildman–Crippen LogP) is 1.48. The number of hydrogen-bond acceptors (Lipinski definition) is 6. The quantitative estimate of drug-likeness (QED) is 0.823. The highest BCUT2D eigenvalue weighted by atomic mass is 16.5. The number of hydrogen-bond donors (Lipinski definition) is 0. The minimum atomic E-state index is -0.226. The van der Waals surface area contributed by atoms with Crippen LogP contribution in [0.3, 0.4) is 0 Å². The van der Waals surface area contributed by atoms with Gasteiger partial charge in [-0.05, 0) is 38.5 Å². The molecule has 136 valence electrons. The molecule has 1 saturated carbocycles. The number of carbonyl (C=O) groups is 1. The van der Waals surface area contributed by atoms with E-state index in [0.717, 1.165) is 38.3 Å². The molecule has 3 aliphatic rings. The molecule has 1 aromatic heterocycles. The van der Waals surface area contributed by atoms with Crippen molar-refractivity contribution in [3.63, 3.8) is 0 Å². The van der Waals surface area contributed by atoms with E-state index >= 15 is 0 Å². The van der Waals surface area contributed by atoms with Gasteiger partial charge in [0.25, 0.3) is 0 Å². The van der Waals surface area contributed by atoms with E-state index in [4.69, 9.17) is 9.47 Å². The maximum absolute atomic E-state index is 12.3. The molecule has 1 aliphatic carbocycles. The zero-order valence-corrected chi connectivity index (χ0v) is 15.0. The molecule has 0 N–H and O–H groups in total. The summed E-state index contributed by atoms with van der Waals surface area (Å²) in [7, 11) is 1.61. The first-order chi connectivity index (χ1) is 12.1. The Labute approximate surface area is 148 Å². The molecule has 0 radical (unpaired) electrons. The maximum atomic E-state index is 12.3. The van der Waals surface area contributed by atoms with Crippen molar-refractivity contribution in [2.75, 3.05) is 38.3 Å². The van der Waals surface area contributed by atoms with Crippen LogP contribution < -0.4 is 9.64 Å². The van der Waals surface area contributed by atoms with Crippen LogP contribution in [0.5, 0.6) is 5.88 Å². The number of methoxy groups -OCH3 is 1. The lowest BCUT2D eigenvalue weighted by Crippen LogP contribution is -2.64. The van der Waals surface area contributed by atoms with Crippen LogP contribution in [-0.4, -0.2) is 65.8 Å². The number of morpholine rings is 1. The van der Waals surface area contributed by atoms with Crippen molar-refractivity contribution in [1.82, 2.24) is 14.9 Å². The van der Waals surface area contributed by atoms with Crippen molar-refractivity contribution in [1.29, 1.82) is 0 Å². The molecular weight excluding hydrogens is 320 g/mol. The highest BCUT2D eigenvalue weighted by Crippen LogP contribution is 2.39. The van der Waals surface area contributed by atoms with E-state index in [-0.39, 0.29) is 24.2 Å². The van der Waals surface area contributed by atoms with Gasteiger partial charge in [-0.3, -0.25) is 4.79 Å². The van der Waals surface area contributed by atoms with E-state index in [1.807, 2.05) is 6.07 Å². The summed E-state index contributed by atoms with van der Waals surface area (Å²) in [6.07, 6.45) is 5.85. The van der Waals surface area contributed by atoms with E-state index in [2.05, 4.69) is 26.7 Å². The third-order valence-corrected chi connectivity index (χ3v) is 5.95. The molecule has 3 fully saturated rings. The highest BCUT2D eigenvalue weighted by molar-refractivity contribution is 5.79. The Morgan fingerprint density at radius 3 is 2.76 bits per heavy atom. The monoisotopic (exact) mass is 346 g/mol. The van der Waals surface area contributed by atoms with Gasteiger partial charge < -0.3 is 19.3 Å². The molecule has 1 atom stereocenters. The van der Waals surface area contributed by atoms with Crippen LogP contribution >= 0.6 is 0 Å². The minimum Gasteiger partial charge on any atom is -0.481 e.